The summed E-state index contributed by atoms with van der Waals surface area (Å²) in [5.74, 6) is 2.69. The number of carbonyl (C=O) groups excluding carboxylic acids is 1. The largest absolute Gasteiger partial charge is 0.497 e. The first-order valence-electron chi connectivity index (χ1n) is 6.89. The maximum atomic E-state index is 12.1. The van der Waals surface area contributed by atoms with Crippen molar-refractivity contribution in [3.8, 4) is 11.5 Å². The second kappa shape index (κ2) is 6.89. The molecule has 0 radical (unpaired) electrons. The molecule has 1 atom stereocenters. The smallest absolute Gasteiger partial charge is 0.319 e. The van der Waals surface area contributed by atoms with E-state index in [1.54, 1.807) is 32.4 Å². The first-order chi connectivity index (χ1) is 10.5. The number of amides is 2. The highest BCUT2D eigenvalue weighted by Gasteiger charge is 2.14. The summed E-state index contributed by atoms with van der Waals surface area (Å²) in [4.78, 5) is 12.1. The molecule has 1 heterocycles. The maximum Gasteiger partial charge on any atom is 0.319 e. The van der Waals surface area contributed by atoms with Crippen LogP contribution in [0.3, 0.4) is 0 Å². The molecule has 6 nitrogen and oxygen atoms in total. The summed E-state index contributed by atoms with van der Waals surface area (Å²) in [6.07, 6.45) is 0. The number of carbonyl (C=O) groups is 1. The van der Waals surface area contributed by atoms with Crippen LogP contribution >= 0.6 is 0 Å². The predicted octanol–water partition coefficient (Wildman–Crippen LogP) is 3.49. The van der Waals surface area contributed by atoms with Crippen molar-refractivity contribution in [3.05, 3.63) is 41.9 Å². The van der Waals surface area contributed by atoms with Gasteiger partial charge in [0.2, 0.25) is 0 Å². The van der Waals surface area contributed by atoms with Gasteiger partial charge in [-0.25, -0.2) is 4.79 Å². The van der Waals surface area contributed by atoms with Gasteiger partial charge in [0.15, 0.2) is 0 Å². The van der Waals surface area contributed by atoms with Gasteiger partial charge in [0.1, 0.15) is 23.0 Å². The highest BCUT2D eigenvalue weighted by atomic mass is 16.5. The summed E-state index contributed by atoms with van der Waals surface area (Å²) in [5, 5.41) is 5.55. The van der Waals surface area contributed by atoms with E-state index in [-0.39, 0.29) is 12.1 Å². The van der Waals surface area contributed by atoms with Crippen molar-refractivity contribution >= 4 is 11.7 Å². The number of benzene rings is 1. The molecule has 0 spiro atoms. The van der Waals surface area contributed by atoms with Gasteiger partial charge in [0.25, 0.3) is 0 Å². The molecule has 0 bridgehead atoms. The van der Waals surface area contributed by atoms with E-state index in [4.69, 9.17) is 13.9 Å². The number of urea groups is 1. The highest BCUT2D eigenvalue weighted by Crippen LogP contribution is 2.29. The van der Waals surface area contributed by atoms with Crippen molar-refractivity contribution in [3.63, 3.8) is 0 Å². The third-order valence-electron chi connectivity index (χ3n) is 3.19. The van der Waals surface area contributed by atoms with Gasteiger partial charge in [0, 0.05) is 6.07 Å². The van der Waals surface area contributed by atoms with Crippen LogP contribution in [0.15, 0.2) is 34.7 Å². The van der Waals surface area contributed by atoms with Crippen LogP contribution in [0.25, 0.3) is 0 Å². The third-order valence-corrected chi connectivity index (χ3v) is 3.19. The molecule has 0 saturated heterocycles. The number of ether oxygens (including phenoxy) is 2. The van der Waals surface area contributed by atoms with Crippen LogP contribution in [-0.2, 0) is 0 Å². The lowest BCUT2D eigenvalue weighted by atomic mass is 10.2. The Kier molecular flexibility index (Phi) is 4.93. The van der Waals surface area contributed by atoms with E-state index in [1.807, 2.05) is 26.0 Å². The van der Waals surface area contributed by atoms with Gasteiger partial charge in [-0.3, -0.25) is 0 Å². The summed E-state index contributed by atoms with van der Waals surface area (Å²) < 4.78 is 15.9. The molecule has 22 heavy (non-hydrogen) atoms. The Morgan fingerprint density at radius 3 is 2.55 bits per heavy atom. The van der Waals surface area contributed by atoms with E-state index in [1.165, 1.54) is 0 Å². The Labute approximate surface area is 129 Å². The van der Waals surface area contributed by atoms with Crippen LogP contribution in [0.5, 0.6) is 11.5 Å². The Bertz CT molecular complexity index is 651. The Hall–Kier alpha value is -2.63. The van der Waals surface area contributed by atoms with E-state index in [0.29, 0.717) is 22.9 Å². The van der Waals surface area contributed by atoms with E-state index in [2.05, 4.69) is 10.6 Å². The standard InChI is InChI=1S/C16H20N2O4/c1-10-5-7-14(22-10)11(2)17-16(19)18-13-9-12(20-3)6-8-15(13)21-4/h5-9,11H,1-4H3,(H2,17,18,19). The number of furan rings is 1. The zero-order valence-corrected chi connectivity index (χ0v) is 13.1. The van der Waals surface area contributed by atoms with Crippen LogP contribution in [0.2, 0.25) is 0 Å². The van der Waals surface area contributed by atoms with E-state index >= 15 is 0 Å². The molecule has 1 aromatic heterocycles. The fourth-order valence-corrected chi connectivity index (χ4v) is 2.02. The normalized spacial score (nSPS) is 11.6. The van der Waals surface area contributed by atoms with Crippen molar-refractivity contribution in [2.24, 2.45) is 0 Å². The number of rotatable bonds is 5. The first kappa shape index (κ1) is 15.8. The molecule has 1 unspecified atom stereocenters. The number of hydrogen-bond acceptors (Lipinski definition) is 4. The van der Waals surface area contributed by atoms with Crippen LogP contribution in [-0.4, -0.2) is 20.3 Å². The number of nitrogens with one attached hydrogen (secondary N) is 2. The van der Waals surface area contributed by atoms with Crippen molar-refractivity contribution in [1.29, 1.82) is 0 Å². The number of aryl methyl sites for hydroxylation is 1. The Morgan fingerprint density at radius 2 is 1.95 bits per heavy atom. The molecule has 1 aromatic carbocycles. The van der Waals surface area contributed by atoms with Gasteiger partial charge in [-0.15, -0.1) is 0 Å². The lowest BCUT2D eigenvalue weighted by Crippen LogP contribution is -2.31. The molecule has 2 aromatic rings. The summed E-state index contributed by atoms with van der Waals surface area (Å²) in [5.41, 5.74) is 0.530. The Balaban J connectivity index is 2.05. The molecule has 0 aliphatic rings. The number of anilines is 1. The van der Waals surface area contributed by atoms with Gasteiger partial charge in [-0.1, -0.05) is 0 Å². The maximum absolute atomic E-state index is 12.1. The van der Waals surface area contributed by atoms with Gasteiger partial charge in [-0.05, 0) is 38.1 Å². The summed E-state index contributed by atoms with van der Waals surface area (Å²) in [6, 6.07) is 8.28. The molecule has 0 fully saturated rings. The van der Waals surface area contributed by atoms with Crippen molar-refractivity contribution in [2.45, 2.75) is 19.9 Å². The van der Waals surface area contributed by atoms with Gasteiger partial charge in [-0.2, -0.15) is 0 Å². The minimum absolute atomic E-state index is 0.245. The van der Waals surface area contributed by atoms with Crippen LogP contribution < -0.4 is 20.1 Å². The Morgan fingerprint density at radius 1 is 1.18 bits per heavy atom. The summed E-state index contributed by atoms with van der Waals surface area (Å²) >= 11 is 0. The minimum atomic E-state index is -0.354. The fourth-order valence-electron chi connectivity index (χ4n) is 2.02. The summed E-state index contributed by atoms with van der Waals surface area (Å²) in [6.45, 7) is 3.71. The minimum Gasteiger partial charge on any atom is -0.497 e. The molecule has 118 valence electrons. The third kappa shape index (κ3) is 3.72. The SMILES string of the molecule is COc1ccc(OC)c(NC(=O)NC(C)c2ccc(C)o2)c1. The molecule has 0 saturated carbocycles. The average Bonchev–Trinajstić information content (AvgIpc) is 2.93. The lowest BCUT2D eigenvalue weighted by Gasteiger charge is -2.15. The first-order valence-corrected chi connectivity index (χ1v) is 6.89. The van der Waals surface area contributed by atoms with Crippen LogP contribution in [0, 0.1) is 6.92 Å². The topological polar surface area (TPSA) is 72.7 Å². The molecule has 0 aliphatic heterocycles. The van der Waals surface area contributed by atoms with Crippen molar-refractivity contribution in [1.82, 2.24) is 5.32 Å². The molecule has 2 N–H and O–H groups in total. The quantitative estimate of drug-likeness (QED) is 0.887. The second-order valence-corrected chi connectivity index (χ2v) is 4.83. The number of hydrogen-bond donors (Lipinski definition) is 2. The van der Waals surface area contributed by atoms with E-state index < -0.39 is 0 Å². The number of methoxy groups -OCH3 is 2. The van der Waals surface area contributed by atoms with Gasteiger partial charge < -0.3 is 24.5 Å². The van der Waals surface area contributed by atoms with Crippen molar-refractivity contribution in [2.75, 3.05) is 19.5 Å². The monoisotopic (exact) mass is 304 g/mol. The van der Waals surface area contributed by atoms with Gasteiger partial charge in [0.05, 0.1) is 25.9 Å². The molecule has 2 rings (SSSR count). The molecule has 0 aliphatic carbocycles. The molecule has 2 amide bonds. The molecule has 6 heteroatoms. The second-order valence-electron chi connectivity index (χ2n) is 4.83. The van der Waals surface area contributed by atoms with Crippen LogP contribution in [0.1, 0.15) is 24.5 Å². The van der Waals surface area contributed by atoms with E-state index in [9.17, 15) is 4.79 Å². The average molecular weight is 304 g/mol. The summed E-state index contributed by atoms with van der Waals surface area (Å²) in [7, 11) is 3.10. The van der Waals surface area contributed by atoms with Crippen LogP contribution in [0.4, 0.5) is 10.5 Å². The fraction of sp³-hybridized carbons (Fsp3) is 0.312. The zero-order chi connectivity index (χ0) is 16.1. The van der Waals surface area contributed by atoms with Crippen molar-refractivity contribution < 1.29 is 18.7 Å². The van der Waals surface area contributed by atoms with Gasteiger partial charge >= 0.3 is 6.03 Å². The lowest BCUT2D eigenvalue weighted by molar-refractivity contribution is 0.247. The molecular formula is C16H20N2O4. The van der Waals surface area contributed by atoms with E-state index in [0.717, 1.165) is 5.76 Å². The molecular weight excluding hydrogens is 284 g/mol. The predicted molar refractivity (Wildman–Crippen MR) is 83.6 cm³/mol. The highest BCUT2D eigenvalue weighted by molar-refractivity contribution is 5.91. The zero-order valence-electron chi connectivity index (χ0n) is 13.1.